The predicted molar refractivity (Wildman–Crippen MR) is 213 cm³/mol. The molecule has 6 nitrogen and oxygen atoms in total. The summed E-state index contributed by atoms with van der Waals surface area (Å²) in [5, 5.41) is 22.9. The van der Waals surface area contributed by atoms with Crippen LogP contribution >= 0.6 is 0 Å². The van der Waals surface area contributed by atoms with Gasteiger partial charge in [0.15, 0.2) is 0 Å². The summed E-state index contributed by atoms with van der Waals surface area (Å²) in [5.41, 5.74) is 0. The number of hydrogen-bond acceptors (Lipinski definition) is 5. The number of amides is 1. The molecule has 0 saturated heterocycles. The molecular formula is C44H83NO5. The first-order valence-electron chi connectivity index (χ1n) is 21.6. The van der Waals surface area contributed by atoms with Crippen LogP contribution in [-0.4, -0.2) is 47.4 Å². The number of carbonyl (C=O) groups excluding carboxylic acids is 2. The smallest absolute Gasteiger partial charge is 0.305 e. The molecule has 2 atom stereocenters. The van der Waals surface area contributed by atoms with Crippen molar-refractivity contribution in [2.75, 3.05) is 13.2 Å². The molecule has 50 heavy (non-hydrogen) atoms. The van der Waals surface area contributed by atoms with E-state index in [4.69, 9.17) is 4.74 Å². The van der Waals surface area contributed by atoms with Crippen molar-refractivity contribution in [3.05, 3.63) is 24.3 Å². The molecule has 3 N–H and O–H groups in total. The van der Waals surface area contributed by atoms with Crippen LogP contribution in [0.5, 0.6) is 0 Å². The third-order valence-electron chi connectivity index (χ3n) is 9.72. The van der Waals surface area contributed by atoms with E-state index in [1.54, 1.807) is 6.08 Å². The maximum Gasteiger partial charge on any atom is 0.305 e. The van der Waals surface area contributed by atoms with Crippen LogP contribution in [-0.2, 0) is 14.3 Å². The normalized spacial score (nSPS) is 13.0. The van der Waals surface area contributed by atoms with Crippen LogP contribution in [0.1, 0.15) is 219 Å². The molecule has 0 saturated carbocycles. The first kappa shape index (κ1) is 48.3. The first-order valence-corrected chi connectivity index (χ1v) is 21.6. The molecular weight excluding hydrogens is 622 g/mol. The largest absolute Gasteiger partial charge is 0.466 e. The van der Waals surface area contributed by atoms with Gasteiger partial charge in [0.05, 0.1) is 25.4 Å². The van der Waals surface area contributed by atoms with Crippen molar-refractivity contribution in [1.29, 1.82) is 0 Å². The minimum atomic E-state index is -0.852. The zero-order valence-electron chi connectivity index (χ0n) is 33.1. The number of carbonyl (C=O) groups is 2. The fraction of sp³-hybridized carbons (Fsp3) is 0.864. The zero-order chi connectivity index (χ0) is 36.6. The van der Waals surface area contributed by atoms with E-state index >= 15 is 0 Å². The van der Waals surface area contributed by atoms with Crippen LogP contribution in [0.15, 0.2) is 24.3 Å². The van der Waals surface area contributed by atoms with E-state index < -0.39 is 12.1 Å². The van der Waals surface area contributed by atoms with E-state index in [0.717, 1.165) is 57.8 Å². The molecule has 0 aliphatic rings. The van der Waals surface area contributed by atoms with Crippen LogP contribution in [0.3, 0.4) is 0 Å². The molecule has 0 aromatic carbocycles. The SMILES string of the molecule is CCCC/C=C\CCCCCCCC(=O)OCCCCCCCCCCCCCCC(=O)NC(CO)C(O)/C=C/CCCCCCCCCC. The Morgan fingerprint density at radius 3 is 1.48 bits per heavy atom. The maximum atomic E-state index is 12.3. The Bertz CT molecular complexity index is 782. The number of hydrogen-bond donors (Lipinski definition) is 3. The molecule has 0 aromatic heterocycles. The average Bonchev–Trinajstić information content (AvgIpc) is 3.11. The highest BCUT2D eigenvalue weighted by molar-refractivity contribution is 5.76. The fourth-order valence-corrected chi connectivity index (χ4v) is 6.32. The van der Waals surface area contributed by atoms with E-state index in [1.165, 1.54) is 135 Å². The quantitative estimate of drug-likeness (QED) is 0.0336. The molecule has 0 spiro atoms. The summed E-state index contributed by atoms with van der Waals surface area (Å²) in [6.45, 7) is 4.79. The number of esters is 1. The second-order valence-corrected chi connectivity index (χ2v) is 14.7. The molecule has 2 unspecified atom stereocenters. The Kier molecular flexibility index (Phi) is 38.8. The van der Waals surface area contributed by atoms with Crippen LogP contribution < -0.4 is 5.32 Å². The minimum Gasteiger partial charge on any atom is -0.466 e. The van der Waals surface area contributed by atoms with Crippen molar-refractivity contribution in [2.24, 2.45) is 0 Å². The van der Waals surface area contributed by atoms with Crippen LogP contribution in [0.2, 0.25) is 0 Å². The first-order chi connectivity index (χ1) is 24.5. The van der Waals surface area contributed by atoms with Gasteiger partial charge in [0, 0.05) is 12.8 Å². The molecule has 6 heteroatoms. The Hall–Kier alpha value is -1.66. The van der Waals surface area contributed by atoms with Crippen molar-refractivity contribution >= 4 is 11.9 Å². The molecule has 0 rings (SSSR count). The van der Waals surface area contributed by atoms with E-state index in [-0.39, 0.29) is 18.5 Å². The third kappa shape index (κ3) is 36.1. The predicted octanol–water partition coefficient (Wildman–Crippen LogP) is 12.0. The topological polar surface area (TPSA) is 95.9 Å². The van der Waals surface area contributed by atoms with Crippen LogP contribution in [0.25, 0.3) is 0 Å². The molecule has 0 bridgehead atoms. The fourth-order valence-electron chi connectivity index (χ4n) is 6.32. The van der Waals surface area contributed by atoms with Gasteiger partial charge in [-0.3, -0.25) is 9.59 Å². The lowest BCUT2D eigenvalue weighted by atomic mass is 10.0. The third-order valence-corrected chi connectivity index (χ3v) is 9.72. The van der Waals surface area contributed by atoms with Crippen molar-refractivity contribution < 1.29 is 24.5 Å². The Morgan fingerprint density at radius 1 is 0.540 bits per heavy atom. The molecule has 0 radical (unpaired) electrons. The standard InChI is InChI=1S/C44H83NO5/c1-3-5-7-9-11-13-17-22-26-30-34-38-44(49)50-39-35-31-27-23-19-16-15-18-21-25-29-33-37-43(48)45-41(40-46)42(47)36-32-28-24-20-14-12-10-8-6-4-2/h9,11,32,36,41-42,46-47H,3-8,10,12-31,33-35,37-40H2,1-2H3,(H,45,48)/b11-9-,36-32+. The van der Waals surface area contributed by atoms with Crippen molar-refractivity contribution in [2.45, 2.75) is 231 Å². The Balaban J connectivity index is 3.51. The summed E-state index contributed by atoms with van der Waals surface area (Å²) in [4.78, 5) is 24.3. The van der Waals surface area contributed by atoms with Gasteiger partial charge in [0.1, 0.15) is 0 Å². The molecule has 0 aromatic rings. The molecule has 0 heterocycles. The van der Waals surface area contributed by atoms with E-state index in [1.807, 2.05) is 6.08 Å². The Labute approximate surface area is 310 Å². The van der Waals surface area contributed by atoms with Gasteiger partial charge in [-0.1, -0.05) is 179 Å². The van der Waals surface area contributed by atoms with Gasteiger partial charge in [-0.25, -0.2) is 0 Å². The van der Waals surface area contributed by atoms with E-state index in [2.05, 4.69) is 31.3 Å². The molecule has 294 valence electrons. The molecule has 0 fully saturated rings. The summed E-state index contributed by atoms with van der Waals surface area (Å²) in [7, 11) is 0. The average molecular weight is 706 g/mol. The molecule has 0 aliphatic heterocycles. The number of aliphatic hydroxyl groups excluding tert-OH is 2. The van der Waals surface area contributed by atoms with Crippen LogP contribution in [0, 0.1) is 0 Å². The van der Waals surface area contributed by atoms with Gasteiger partial charge >= 0.3 is 5.97 Å². The van der Waals surface area contributed by atoms with Crippen molar-refractivity contribution in [3.63, 3.8) is 0 Å². The van der Waals surface area contributed by atoms with Gasteiger partial charge < -0.3 is 20.3 Å². The maximum absolute atomic E-state index is 12.3. The number of ether oxygens (including phenoxy) is 1. The van der Waals surface area contributed by atoms with Gasteiger partial charge in [-0.2, -0.15) is 0 Å². The lowest BCUT2D eigenvalue weighted by Crippen LogP contribution is -2.45. The van der Waals surface area contributed by atoms with E-state index in [0.29, 0.717) is 19.4 Å². The summed E-state index contributed by atoms with van der Waals surface area (Å²) in [6, 6.07) is -0.637. The number of rotatable bonds is 39. The van der Waals surface area contributed by atoms with Crippen LogP contribution in [0.4, 0.5) is 0 Å². The zero-order valence-corrected chi connectivity index (χ0v) is 33.1. The summed E-state index contributed by atoms with van der Waals surface area (Å²) >= 11 is 0. The monoisotopic (exact) mass is 706 g/mol. The van der Waals surface area contributed by atoms with Gasteiger partial charge in [-0.05, 0) is 51.4 Å². The second-order valence-electron chi connectivity index (χ2n) is 14.7. The number of unbranched alkanes of at least 4 members (excludes halogenated alkanes) is 26. The highest BCUT2D eigenvalue weighted by Gasteiger charge is 2.18. The van der Waals surface area contributed by atoms with E-state index in [9.17, 15) is 19.8 Å². The minimum absolute atomic E-state index is 0.0232. The van der Waals surface area contributed by atoms with Crippen molar-refractivity contribution in [3.8, 4) is 0 Å². The molecule has 1 amide bonds. The molecule has 0 aliphatic carbocycles. The summed E-state index contributed by atoms with van der Waals surface area (Å²) in [6.07, 6.45) is 44.4. The lowest BCUT2D eigenvalue weighted by molar-refractivity contribution is -0.143. The van der Waals surface area contributed by atoms with Crippen molar-refractivity contribution in [1.82, 2.24) is 5.32 Å². The summed E-state index contributed by atoms with van der Waals surface area (Å²) < 4.78 is 5.42. The second kappa shape index (κ2) is 40.1. The lowest BCUT2D eigenvalue weighted by Gasteiger charge is -2.20. The van der Waals surface area contributed by atoms with Gasteiger partial charge in [0.2, 0.25) is 5.91 Å². The Morgan fingerprint density at radius 2 is 0.960 bits per heavy atom. The van der Waals surface area contributed by atoms with Gasteiger partial charge in [-0.15, -0.1) is 0 Å². The highest BCUT2D eigenvalue weighted by atomic mass is 16.5. The number of aliphatic hydroxyl groups is 2. The number of nitrogens with one attached hydrogen (secondary N) is 1. The summed E-state index contributed by atoms with van der Waals surface area (Å²) in [5.74, 6) is -0.111. The van der Waals surface area contributed by atoms with Gasteiger partial charge in [0.25, 0.3) is 0 Å². The number of allylic oxidation sites excluding steroid dienone is 3. The highest BCUT2D eigenvalue weighted by Crippen LogP contribution is 2.14.